The zero-order chi connectivity index (χ0) is 28.4. The summed E-state index contributed by atoms with van der Waals surface area (Å²) >= 11 is 0. The van der Waals surface area contributed by atoms with Crippen molar-refractivity contribution in [3.63, 3.8) is 0 Å². The Labute approximate surface area is 229 Å². The molecule has 3 aromatic carbocycles. The van der Waals surface area contributed by atoms with E-state index in [9.17, 15) is 22.4 Å². The maximum atomic E-state index is 13.9. The highest BCUT2D eigenvalue weighted by Crippen LogP contribution is 2.26. The van der Waals surface area contributed by atoms with Crippen molar-refractivity contribution < 1.29 is 27.1 Å². The summed E-state index contributed by atoms with van der Waals surface area (Å²) in [6, 6.07) is 19.1. The normalized spacial score (nSPS) is 11.9. The van der Waals surface area contributed by atoms with Crippen LogP contribution in [0.2, 0.25) is 0 Å². The number of hydrogen-bond donors (Lipinski definition) is 1. The van der Waals surface area contributed by atoms with E-state index in [4.69, 9.17) is 4.74 Å². The molecule has 0 aliphatic heterocycles. The van der Waals surface area contributed by atoms with Gasteiger partial charge in [-0.2, -0.15) is 0 Å². The van der Waals surface area contributed by atoms with Gasteiger partial charge in [0, 0.05) is 13.1 Å². The fourth-order valence-corrected chi connectivity index (χ4v) is 5.54. The van der Waals surface area contributed by atoms with E-state index in [2.05, 4.69) is 5.32 Å². The maximum absolute atomic E-state index is 13.9. The predicted octanol–water partition coefficient (Wildman–Crippen LogP) is 4.36. The molecule has 0 spiro atoms. The third-order valence-electron chi connectivity index (χ3n) is 6.05. The number of rotatable bonds is 13. The number of benzene rings is 3. The van der Waals surface area contributed by atoms with Gasteiger partial charge in [-0.15, -0.1) is 0 Å². The Kier molecular flexibility index (Phi) is 10.4. The smallest absolute Gasteiger partial charge is 0.264 e. The minimum Gasteiger partial charge on any atom is -0.494 e. The Hall–Kier alpha value is -3.92. The molecular weight excluding hydrogens is 521 g/mol. The zero-order valence-electron chi connectivity index (χ0n) is 22.3. The van der Waals surface area contributed by atoms with E-state index in [0.717, 1.165) is 4.31 Å². The van der Waals surface area contributed by atoms with Crippen LogP contribution in [0, 0.1) is 5.82 Å². The number of hydrogen-bond acceptors (Lipinski definition) is 5. The highest BCUT2D eigenvalue weighted by atomic mass is 32.2. The van der Waals surface area contributed by atoms with Crippen LogP contribution in [0.4, 0.5) is 10.1 Å². The van der Waals surface area contributed by atoms with Gasteiger partial charge in [-0.1, -0.05) is 37.3 Å². The molecule has 0 heterocycles. The van der Waals surface area contributed by atoms with E-state index < -0.39 is 34.3 Å². The molecule has 8 nitrogen and oxygen atoms in total. The Morgan fingerprint density at radius 1 is 0.923 bits per heavy atom. The third kappa shape index (κ3) is 7.57. The lowest BCUT2D eigenvalue weighted by Gasteiger charge is -2.33. The number of likely N-dealkylation sites (N-methyl/N-ethyl adjacent to an activating group) is 1. The Balaban J connectivity index is 2.01. The largest absolute Gasteiger partial charge is 0.494 e. The molecule has 0 saturated heterocycles. The molecule has 1 N–H and O–H groups in total. The number of nitrogens with zero attached hydrogens (tertiary/aromatic N) is 2. The van der Waals surface area contributed by atoms with Crippen molar-refractivity contribution in [3.05, 3.63) is 90.2 Å². The monoisotopic (exact) mass is 555 g/mol. The van der Waals surface area contributed by atoms with Crippen molar-refractivity contribution in [1.29, 1.82) is 0 Å². The molecule has 1 unspecified atom stereocenters. The molecule has 0 aromatic heterocycles. The summed E-state index contributed by atoms with van der Waals surface area (Å²) in [7, 11) is -4.18. The van der Waals surface area contributed by atoms with Crippen LogP contribution >= 0.6 is 0 Å². The molecule has 0 bridgehead atoms. The lowest BCUT2D eigenvalue weighted by atomic mass is 10.1. The predicted molar refractivity (Wildman–Crippen MR) is 148 cm³/mol. The van der Waals surface area contributed by atoms with Crippen LogP contribution in [0.15, 0.2) is 83.8 Å². The molecule has 208 valence electrons. The molecule has 0 saturated carbocycles. The number of amides is 2. The van der Waals surface area contributed by atoms with Gasteiger partial charge < -0.3 is 15.0 Å². The summed E-state index contributed by atoms with van der Waals surface area (Å²) in [5.74, 6) is -0.826. The molecule has 39 heavy (non-hydrogen) atoms. The van der Waals surface area contributed by atoms with Crippen LogP contribution in [-0.2, 0) is 26.2 Å². The van der Waals surface area contributed by atoms with E-state index in [1.165, 1.54) is 41.3 Å². The standard InChI is InChI=1S/C29H34FN3O5S/c1-4-27(29(35)31-5-2)32(20-22-12-14-23(30)15-13-22)28(34)21-33(24-10-8-7-9-11-24)39(36,37)26-18-16-25(17-19-26)38-6-3/h7-19,27H,4-6,20-21H2,1-3H3,(H,31,35). The summed E-state index contributed by atoms with van der Waals surface area (Å²) in [4.78, 5) is 28.1. The number of anilines is 1. The first kappa shape index (κ1) is 29.6. The second-order valence-electron chi connectivity index (χ2n) is 8.72. The molecule has 0 aliphatic rings. The highest BCUT2D eigenvalue weighted by Gasteiger charge is 2.33. The number of ether oxygens (including phenoxy) is 1. The first-order valence-corrected chi connectivity index (χ1v) is 14.3. The topological polar surface area (TPSA) is 96.0 Å². The minimum absolute atomic E-state index is 0.000481. The highest BCUT2D eigenvalue weighted by molar-refractivity contribution is 7.92. The molecule has 3 rings (SSSR count). The second-order valence-corrected chi connectivity index (χ2v) is 10.6. The van der Waals surface area contributed by atoms with Gasteiger partial charge >= 0.3 is 0 Å². The summed E-state index contributed by atoms with van der Waals surface area (Å²) in [6.45, 7) is 5.64. The number of carbonyl (C=O) groups excluding carboxylic acids is 2. The Morgan fingerprint density at radius 2 is 1.56 bits per heavy atom. The summed E-state index contributed by atoms with van der Waals surface area (Å²) < 4.78 is 47.6. The lowest BCUT2D eigenvalue weighted by Crippen LogP contribution is -2.52. The molecule has 0 fully saturated rings. The van der Waals surface area contributed by atoms with Crippen molar-refractivity contribution in [1.82, 2.24) is 10.2 Å². The molecule has 0 aliphatic carbocycles. The average Bonchev–Trinajstić information content (AvgIpc) is 2.93. The molecule has 1 atom stereocenters. The van der Waals surface area contributed by atoms with Crippen molar-refractivity contribution in [2.45, 2.75) is 44.7 Å². The van der Waals surface area contributed by atoms with Crippen LogP contribution in [0.25, 0.3) is 0 Å². The molecular formula is C29H34FN3O5S. The number of para-hydroxylation sites is 1. The zero-order valence-corrected chi connectivity index (χ0v) is 23.2. The van der Waals surface area contributed by atoms with Crippen LogP contribution in [0.1, 0.15) is 32.8 Å². The number of carbonyl (C=O) groups is 2. The maximum Gasteiger partial charge on any atom is 0.264 e. The number of halogens is 1. The van der Waals surface area contributed by atoms with E-state index in [-0.39, 0.29) is 17.3 Å². The second kappa shape index (κ2) is 13.7. The first-order chi connectivity index (χ1) is 18.7. The van der Waals surface area contributed by atoms with Gasteiger partial charge in [0.25, 0.3) is 10.0 Å². The van der Waals surface area contributed by atoms with Gasteiger partial charge in [0.2, 0.25) is 11.8 Å². The first-order valence-electron chi connectivity index (χ1n) is 12.8. The van der Waals surface area contributed by atoms with Gasteiger partial charge in [-0.3, -0.25) is 13.9 Å². The van der Waals surface area contributed by atoms with Crippen LogP contribution in [0.3, 0.4) is 0 Å². The van der Waals surface area contributed by atoms with Gasteiger partial charge in [-0.05, 0) is 74.4 Å². The van der Waals surface area contributed by atoms with Crippen LogP contribution < -0.4 is 14.4 Å². The third-order valence-corrected chi connectivity index (χ3v) is 7.84. The summed E-state index contributed by atoms with van der Waals surface area (Å²) in [5, 5.41) is 2.75. The number of nitrogens with one attached hydrogen (secondary N) is 1. The van der Waals surface area contributed by atoms with Crippen molar-refractivity contribution >= 4 is 27.5 Å². The Bertz CT molecular complexity index is 1330. The average molecular weight is 556 g/mol. The van der Waals surface area contributed by atoms with Gasteiger partial charge in [0.15, 0.2) is 0 Å². The van der Waals surface area contributed by atoms with Crippen molar-refractivity contribution in [2.75, 3.05) is 24.0 Å². The molecule has 2 amide bonds. The van der Waals surface area contributed by atoms with Crippen molar-refractivity contribution in [2.24, 2.45) is 0 Å². The van der Waals surface area contributed by atoms with E-state index in [1.807, 2.05) is 6.92 Å². The van der Waals surface area contributed by atoms with Gasteiger partial charge in [-0.25, -0.2) is 12.8 Å². The van der Waals surface area contributed by atoms with E-state index in [1.54, 1.807) is 56.3 Å². The van der Waals surface area contributed by atoms with E-state index >= 15 is 0 Å². The fourth-order valence-electron chi connectivity index (χ4n) is 4.12. The summed E-state index contributed by atoms with van der Waals surface area (Å²) in [6.07, 6.45) is 0.301. The van der Waals surface area contributed by atoms with Gasteiger partial charge in [0.05, 0.1) is 17.2 Å². The van der Waals surface area contributed by atoms with E-state index in [0.29, 0.717) is 36.6 Å². The van der Waals surface area contributed by atoms with Gasteiger partial charge in [0.1, 0.15) is 24.2 Å². The SMILES string of the molecule is CCNC(=O)C(CC)N(Cc1ccc(F)cc1)C(=O)CN(c1ccccc1)S(=O)(=O)c1ccc(OCC)cc1. The van der Waals surface area contributed by atoms with Crippen LogP contribution in [-0.4, -0.2) is 50.9 Å². The quantitative estimate of drug-likeness (QED) is 0.338. The summed E-state index contributed by atoms with van der Waals surface area (Å²) in [5.41, 5.74) is 0.903. The van der Waals surface area contributed by atoms with Crippen LogP contribution in [0.5, 0.6) is 5.75 Å². The Morgan fingerprint density at radius 3 is 2.13 bits per heavy atom. The van der Waals surface area contributed by atoms with Crippen molar-refractivity contribution in [3.8, 4) is 5.75 Å². The lowest BCUT2D eigenvalue weighted by molar-refractivity contribution is -0.140. The minimum atomic E-state index is -4.18. The molecule has 0 radical (unpaired) electrons. The number of sulfonamides is 1. The fraction of sp³-hybridized carbons (Fsp3) is 0.310. The molecule has 10 heteroatoms. The molecule has 3 aromatic rings.